The minimum atomic E-state index is 0.631. The molecule has 0 aliphatic carbocycles. The highest BCUT2D eigenvalue weighted by Gasteiger charge is 2.18. The molecule has 1 aliphatic rings. The third-order valence-corrected chi connectivity index (χ3v) is 2.29. The SMILES string of the molecule is [CH2]CC1CNc2ccccc21. The van der Waals surface area contributed by atoms with Crippen LogP contribution in [-0.2, 0) is 0 Å². The maximum absolute atomic E-state index is 3.93. The second kappa shape index (κ2) is 2.57. The molecule has 1 aromatic rings. The lowest BCUT2D eigenvalue weighted by Gasteiger charge is -2.04. The summed E-state index contributed by atoms with van der Waals surface area (Å²) < 4.78 is 0. The Kier molecular flexibility index (Phi) is 1.57. The zero-order valence-corrected chi connectivity index (χ0v) is 6.51. The Morgan fingerprint density at radius 2 is 2.27 bits per heavy atom. The first kappa shape index (κ1) is 6.71. The van der Waals surface area contributed by atoms with Crippen LogP contribution < -0.4 is 5.32 Å². The number of fused-ring (bicyclic) bond motifs is 1. The monoisotopic (exact) mass is 146 g/mol. The van der Waals surface area contributed by atoms with Gasteiger partial charge in [-0.1, -0.05) is 25.1 Å². The molecule has 1 heteroatoms. The highest BCUT2D eigenvalue weighted by Crippen LogP contribution is 2.32. The number of hydrogen-bond acceptors (Lipinski definition) is 1. The van der Waals surface area contributed by atoms with Gasteiger partial charge in [-0.3, -0.25) is 0 Å². The third-order valence-electron chi connectivity index (χ3n) is 2.29. The topological polar surface area (TPSA) is 12.0 Å². The molecule has 1 unspecified atom stereocenters. The van der Waals surface area contributed by atoms with Crippen LogP contribution in [0, 0.1) is 6.92 Å². The highest BCUT2D eigenvalue weighted by molar-refractivity contribution is 5.57. The molecule has 0 saturated carbocycles. The van der Waals surface area contributed by atoms with Gasteiger partial charge in [-0.15, -0.1) is 0 Å². The molecule has 0 amide bonds. The average Bonchev–Trinajstić information content (AvgIpc) is 2.47. The van der Waals surface area contributed by atoms with E-state index in [1.165, 1.54) is 11.3 Å². The summed E-state index contributed by atoms with van der Waals surface area (Å²) in [5, 5.41) is 3.36. The van der Waals surface area contributed by atoms with Crippen molar-refractivity contribution in [2.45, 2.75) is 12.3 Å². The first-order chi connectivity index (χ1) is 5.42. The van der Waals surface area contributed by atoms with Gasteiger partial charge >= 0.3 is 0 Å². The molecule has 0 fully saturated rings. The van der Waals surface area contributed by atoms with Crippen LogP contribution in [-0.4, -0.2) is 6.54 Å². The van der Waals surface area contributed by atoms with Crippen LogP contribution in [0.4, 0.5) is 5.69 Å². The van der Waals surface area contributed by atoms with Crippen molar-refractivity contribution < 1.29 is 0 Å². The van der Waals surface area contributed by atoms with E-state index in [0.29, 0.717) is 5.92 Å². The Morgan fingerprint density at radius 3 is 3.09 bits per heavy atom. The summed E-state index contributed by atoms with van der Waals surface area (Å²) in [6, 6.07) is 8.47. The smallest absolute Gasteiger partial charge is 0.0376 e. The van der Waals surface area contributed by atoms with Crippen LogP contribution in [0.5, 0.6) is 0 Å². The minimum absolute atomic E-state index is 0.631. The predicted octanol–water partition coefficient (Wildman–Crippen LogP) is 2.42. The van der Waals surface area contributed by atoms with E-state index >= 15 is 0 Å². The van der Waals surface area contributed by atoms with E-state index in [9.17, 15) is 0 Å². The molecule has 1 aliphatic heterocycles. The molecule has 1 nitrogen and oxygen atoms in total. The Hall–Kier alpha value is -0.980. The number of benzene rings is 1. The summed E-state index contributed by atoms with van der Waals surface area (Å²) in [4.78, 5) is 0. The molecular weight excluding hydrogens is 134 g/mol. The summed E-state index contributed by atoms with van der Waals surface area (Å²) in [6.07, 6.45) is 0.990. The summed E-state index contributed by atoms with van der Waals surface area (Å²) in [6.45, 7) is 4.98. The Morgan fingerprint density at radius 1 is 1.45 bits per heavy atom. The largest absolute Gasteiger partial charge is 0.384 e. The van der Waals surface area contributed by atoms with E-state index in [-0.39, 0.29) is 0 Å². The summed E-state index contributed by atoms with van der Waals surface area (Å²) in [5.41, 5.74) is 2.73. The van der Waals surface area contributed by atoms with Crippen LogP contribution in [0.2, 0.25) is 0 Å². The van der Waals surface area contributed by atoms with Crippen LogP contribution >= 0.6 is 0 Å². The molecule has 57 valence electrons. The van der Waals surface area contributed by atoms with Crippen molar-refractivity contribution >= 4 is 5.69 Å². The standard InChI is InChI=1S/C10H12N/c1-2-8-7-11-10-6-4-3-5-9(8)10/h3-6,8,11H,1-2,7H2. The zero-order valence-electron chi connectivity index (χ0n) is 6.51. The van der Waals surface area contributed by atoms with Crippen molar-refractivity contribution in [2.75, 3.05) is 11.9 Å². The highest BCUT2D eigenvalue weighted by atomic mass is 14.9. The molecule has 1 atom stereocenters. The Balaban J connectivity index is 2.39. The van der Waals surface area contributed by atoms with Gasteiger partial charge in [0.05, 0.1) is 0 Å². The van der Waals surface area contributed by atoms with E-state index in [1.54, 1.807) is 0 Å². The van der Waals surface area contributed by atoms with Crippen molar-refractivity contribution in [2.24, 2.45) is 0 Å². The molecule has 0 aromatic heterocycles. The lowest BCUT2D eigenvalue weighted by Crippen LogP contribution is -1.99. The lowest BCUT2D eigenvalue weighted by molar-refractivity contribution is 0.770. The fourth-order valence-electron chi connectivity index (χ4n) is 1.61. The van der Waals surface area contributed by atoms with Gasteiger partial charge in [-0.05, 0) is 18.1 Å². The molecule has 0 spiro atoms. The molecule has 1 N–H and O–H groups in total. The van der Waals surface area contributed by atoms with Crippen LogP contribution in [0.15, 0.2) is 24.3 Å². The van der Waals surface area contributed by atoms with E-state index in [0.717, 1.165) is 13.0 Å². The van der Waals surface area contributed by atoms with Crippen molar-refractivity contribution in [3.8, 4) is 0 Å². The molecule has 1 aromatic carbocycles. The average molecular weight is 146 g/mol. The number of rotatable bonds is 1. The number of anilines is 1. The fraction of sp³-hybridized carbons (Fsp3) is 0.300. The second-order valence-corrected chi connectivity index (χ2v) is 2.95. The number of nitrogens with one attached hydrogen (secondary N) is 1. The molecule has 1 heterocycles. The van der Waals surface area contributed by atoms with E-state index in [4.69, 9.17) is 0 Å². The van der Waals surface area contributed by atoms with Crippen LogP contribution in [0.25, 0.3) is 0 Å². The van der Waals surface area contributed by atoms with Gasteiger partial charge in [0.1, 0.15) is 0 Å². The molecule has 2 rings (SSSR count). The maximum Gasteiger partial charge on any atom is 0.0376 e. The summed E-state index contributed by atoms with van der Waals surface area (Å²) in [7, 11) is 0. The van der Waals surface area contributed by atoms with Gasteiger partial charge < -0.3 is 5.32 Å². The van der Waals surface area contributed by atoms with Crippen LogP contribution in [0.3, 0.4) is 0 Å². The zero-order chi connectivity index (χ0) is 7.68. The second-order valence-electron chi connectivity index (χ2n) is 2.95. The fourth-order valence-corrected chi connectivity index (χ4v) is 1.61. The van der Waals surface area contributed by atoms with Crippen molar-refractivity contribution in [1.29, 1.82) is 0 Å². The van der Waals surface area contributed by atoms with Gasteiger partial charge in [-0.25, -0.2) is 0 Å². The molecule has 1 radical (unpaired) electrons. The van der Waals surface area contributed by atoms with Gasteiger partial charge in [0.15, 0.2) is 0 Å². The Labute approximate surface area is 67.4 Å². The lowest BCUT2D eigenvalue weighted by atomic mass is 9.99. The van der Waals surface area contributed by atoms with E-state index in [2.05, 4.69) is 36.5 Å². The van der Waals surface area contributed by atoms with Crippen molar-refractivity contribution in [3.05, 3.63) is 36.8 Å². The third kappa shape index (κ3) is 1.01. The van der Waals surface area contributed by atoms with Crippen molar-refractivity contribution in [1.82, 2.24) is 0 Å². The molecule has 11 heavy (non-hydrogen) atoms. The quantitative estimate of drug-likeness (QED) is 0.641. The Bertz CT molecular complexity index is 255. The molecule has 0 saturated heterocycles. The number of hydrogen-bond donors (Lipinski definition) is 1. The van der Waals surface area contributed by atoms with Crippen molar-refractivity contribution in [3.63, 3.8) is 0 Å². The van der Waals surface area contributed by atoms with Gasteiger partial charge in [0, 0.05) is 18.2 Å². The first-order valence-corrected chi connectivity index (χ1v) is 4.04. The predicted molar refractivity (Wildman–Crippen MR) is 47.6 cm³/mol. The number of para-hydroxylation sites is 1. The van der Waals surface area contributed by atoms with Gasteiger partial charge in [0.2, 0.25) is 0 Å². The summed E-state index contributed by atoms with van der Waals surface area (Å²) >= 11 is 0. The first-order valence-electron chi connectivity index (χ1n) is 4.04. The van der Waals surface area contributed by atoms with E-state index < -0.39 is 0 Å². The summed E-state index contributed by atoms with van der Waals surface area (Å²) in [5.74, 6) is 0.631. The van der Waals surface area contributed by atoms with E-state index in [1.807, 2.05) is 0 Å². The maximum atomic E-state index is 3.93. The minimum Gasteiger partial charge on any atom is -0.384 e. The molecule has 0 bridgehead atoms. The molecular formula is C10H12N. The normalized spacial score (nSPS) is 21.0. The van der Waals surface area contributed by atoms with Crippen LogP contribution in [0.1, 0.15) is 17.9 Å². The van der Waals surface area contributed by atoms with Gasteiger partial charge in [0.25, 0.3) is 0 Å². The van der Waals surface area contributed by atoms with Gasteiger partial charge in [-0.2, -0.15) is 0 Å².